The third-order valence-electron chi connectivity index (χ3n) is 7.07. The molecule has 29 heavy (non-hydrogen) atoms. The van der Waals surface area contributed by atoms with E-state index in [1.165, 1.54) is 33.0 Å². The maximum Gasteiger partial charge on any atom is 0.333 e. The zero-order valence-corrected chi connectivity index (χ0v) is 17.7. The maximum absolute atomic E-state index is 12.9. The quantitative estimate of drug-likeness (QED) is 0.789. The second kappa shape index (κ2) is 7.56. The van der Waals surface area contributed by atoms with Crippen LogP contribution in [0.15, 0.2) is 6.07 Å². The molecule has 2 N–H and O–H groups in total. The van der Waals surface area contributed by atoms with Gasteiger partial charge in [-0.25, -0.2) is 9.52 Å². The molecule has 0 aromatic heterocycles. The summed E-state index contributed by atoms with van der Waals surface area (Å²) in [5.41, 5.74) is 5.91. The smallest absolute Gasteiger partial charge is 0.307 e. The molecule has 2 aliphatic heterocycles. The van der Waals surface area contributed by atoms with E-state index in [0.717, 1.165) is 70.1 Å². The van der Waals surface area contributed by atoms with E-state index in [4.69, 9.17) is 0 Å². The van der Waals surface area contributed by atoms with Crippen LogP contribution in [0, 0.1) is 0 Å². The Morgan fingerprint density at radius 3 is 2.38 bits per heavy atom. The first kappa shape index (κ1) is 19.3. The van der Waals surface area contributed by atoms with Crippen LogP contribution in [-0.2, 0) is 35.9 Å². The number of amides is 2. The van der Waals surface area contributed by atoms with Crippen molar-refractivity contribution in [3.05, 3.63) is 28.3 Å². The van der Waals surface area contributed by atoms with Crippen LogP contribution in [0.3, 0.4) is 0 Å². The zero-order chi connectivity index (χ0) is 20.0. The summed E-state index contributed by atoms with van der Waals surface area (Å²) in [5, 5.41) is 2.93. The first-order valence-corrected chi connectivity index (χ1v) is 12.4. The molecule has 1 atom stereocenters. The van der Waals surface area contributed by atoms with Crippen molar-refractivity contribution >= 4 is 21.9 Å². The molecule has 7 nitrogen and oxygen atoms in total. The maximum atomic E-state index is 12.9. The Morgan fingerprint density at radius 2 is 1.66 bits per heavy atom. The second-order valence-electron chi connectivity index (χ2n) is 8.84. The Balaban J connectivity index is 1.30. The lowest BCUT2D eigenvalue weighted by Gasteiger charge is -2.43. The fraction of sp³-hybridized carbons (Fsp3) is 0.667. The van der Waals surface area contributed by atoms with Gasteiger partial charge < -0.3 is 5.32 Å². The van der Waals surface area contributed by atoms with Gasteiger partial charge in [-0.1, -0.05) is 12.5 Å². The molecule has 2 saturated heterocycles. The van der Waals surface area contributed by atoms with Gasteiger partial charge in [-0.15, -0.1) is 0 Å². The Morgan fingerprint density at radius 1 is 0.931 bits per heavy atom. The summed E-state index contributed by atoms with van der Waals surface area (Å²) >= 11 is 0. The van der Waals surface area contributed by atoms with E-state index < -0.39 is 16.2 Å². The van der Waals surface area contributed by atoms with Gasteiger partial charge in [0.2, 0.25) is 0 Å². The number of hydrogen-bond acceptors (Lipinski definition) is 4. The first-order valence-electron chi connectivity index (χ1n) is 11.0. The molecule has 1 aromatic carbocycles. The van der Waals surface area contributed by atoms with E-state index in [-0.39, 0.29) is 6.04 Å². The van der Waals surface area contributed by atoms with Gasteiger partial charge in [0.15, 0.2) is 0 Å². The van der Waals surface area contributed by atoms with Crippen molar-refractivity contribution in [3.8, 4) is 0 Å². The van der Waals surface area contributed by atoms with E-state index in [1.54, 1.807) is 0 Å². The molecule has 0 bridgehead atoms. The fourth-order valence-corrected chi connectivity index (χ4v) is 6.74. The van der Waals surface area contributed by atoms with Crippen molar-refractivity contribution in [2.75, 3.05) is 31.5 Å². The van der Waals surface area contributed by atoms with Crippen LogP contribution in [0.5, 0.6) is 0 Å². The number of benzene rings is 1. The van der Waals surface area contributed by atoms with Crippen LogP contribution < -0.4 is 10.0 Å². The van der Waals surface area contributed by atoms with Gasteiger partial charge in [-0.3, -0.25) is 4.90 Å². The number of carbonyl (C=O) groups is 1. The summed E-state index contributed by atoms with van der Waals surface area (Å²) < 4.78 is 29.5. The molecule has 8 heteroatoms. The Bertz CT molecular complexity index is 898. The van der Waals surface area contributed by atoms with Crippen LogP contribution in [0.2, 0.25) is 0 Å². The summed E-state index contributed by atoms with van der Waals surface area (Å²) in [6.07, 6.45) is 9.55. The SMILES string of the molecule is O=C(Nc1c2c(cc3c1CCC3)CCC2)NS(=O)(=O)N1CCN2CCCCC2C1. The highest BCUT2D eigenvalue weighted by atomic mass is 32.2. The molecule has 0 spiro atoms. The zero-order valence-electron chi connectivity index (χ0n) is 16.9. The lowest BCUT2D eigenvalue weighted by Crippen LogP contribution is -2.58. The molecule has 1 unspecified atom stereocenters. The molecule has 2 heterocycles. The van der Waals surface area contributed by atoms with E-state index >= 15 is 0 Å². The monoisotopic (exact) mass is 418 g/mol. The van der Waals surface area contributed by atoms with Gasteiger partial charge in [0, 0.05) is 31.4 Å². The van der Waals surface area contributed by atoms with E-state index in [0.29, 0.717) is 13.1 Å². The van der Waals surface area contributed by atoms with Crippen molar-refractivity contribution < 1.29 is 13.2 Å². The van der Waals surface area contributed by atoms with Crippen LogP contribution in [-0.4, -0.2) is 55.9 Å². The molecule has 5 rings (SSSR count). The number of nitrogens with one attached hydrogen (secondary N) is 2. The fourth-order valence-electron chi connectivity index (χ4n) is 5.63. The Kier molecular flexibility index (Phi) is 5.04. The number of aryl methyl sites for hydroxylation is 2. The predicted octanol–water partition coefficient (Wildman–Crippen LogP) is 2.20. The van der Waals surface area contributed by atoms with Gasteiger partial charge >= 0.3 is 16.2 Å². The lowest BCUT2D eigenvalue weighted by molar-refractivity contribution is 0.0848. The molecule has 158 valence electrons. The van der Waals surface area contributed by atoms with E-state index in [2.05, 4.69) is 21.0 Å². The van der Waals surface area contributed by atoms with Gasteiger partial charge in [-0.05, 0) is 80.2 Å². The van der Waals surface area contributed by atoms with Crippen molar-refractivity contribution in [2.24, 2.45) is 0 Å². The summed E-state index contributed by atoms with van der Waals surface area (Å²) in [6.45, 7) is 2.71. The Labute approximate surface area is 173 Å². The molecule has 2 fully saturated rings. The van der Waals surface area contributed by atoms with Crippen LogP contribution in [0.4, 0.5) is 10.5 Å². The molecular weight excluding hydrogens is 388 g/mol. The average Bonchev–Trinajstić information content (AvgIpc) is 3.36. The lowest BCUT2D eigenvalue weighted by atomic mass is 9.99. The minimum atomic E-state index is -3.84. The number of anilines is 1. The van der Waals surface area contributed by atoms with Crippen LogP contribution in [0.1, 0.15) is 54.4 Å². The predicted molar refractivity (Wildman–Crippen MR) is 112 cm³/mol. The van der Waals surface area contributed by atoms with Crippen molar-refractivity contribution in [2.45, 2.75) is 63.8 Å². The summed E-state index contributed by atoms with van der Waals surface area (Å²) in [6, 6.07) is 1.94. The number of hydrogen-bond donors (Lipinski definition) is 2. The average molecular weight is 419 g/mol. The number of nitrogens with zero attached hydrogens (tertiary/aromatic N) is 2. The van der Waals surface area contributed by atoms with Crippen molar-refractivity contribution in [1.29, 1.82) is 0 Å². The largest absolute Gasteiger partial charge is 0.333 e. The second-order valence-corrected chi connectivity index (χ2v) is 10.5. The highest BCUT2D eigenvalue weighted by Gasteiger charge is 2.35. The topological polar surface area (TPSA) is 81.8 Å². The molecule has 2 aliphatic carbocycles. The standard InChI is InChI=1S/C21H30N4O3S/c26-21(22-20-18-8-3-5-15(18)13-16-6-4-9-19(16)20)23-29(27,28)25-12-11-24-10-2-1-7-17(24)14-25/h13,17H,1-12,14H2,(H2,22,23,26). The number of carbonyl (C=O) groups excluding carboxylic acids is 1. The third-order valence-corrected chi connectivity index (χ3v) is 8.53. The summed E-state index contributed by atoms with van der Waals surface area (Å²) in [7, 11) is -3.84. The number of fused-ring (bicyclic) bond motifs is 3. The van der Waals surface area contributed by atoms with Gasteiger partial charge in [0.1, 0.15) is 0 Å². The molecule has 0 saturated carbocycles. The number of rotatable bonds is 3. The summed E-state index contributed by atoms with van der Waals surface area (Å²) in [4.78, 5) is 15.1. The number of piperidine rings is 1. The van der Waals surface area contributed by atoms with Crippen LogP contribution >= 0.6 is 0 Å². The highest BCUT2D eigenvalue weighted by molar-refractivity contribution is 7.87. The number of urea groups is 1. The first-order chi connectivity index (χ1) is 14.0. The van der Waals surface area contributed by atoms with Crippen molar-refractivity contribution in [3.63, 3.8) is 0 Å². The third kappa shape index (κ3) is 3.66. The molecule has 1 aromatic rings. The highest BCUT2D eigenvalue weighted by Crippen LogP contribution is 2.38. The van der Waals surface area contributed by atoms with Crippen LogP contribution in [0.25, 0.3) is 0 Å². The summed E-state index contributed by atoms with van der Waals surface area (Å²) in [5.74, 6) is 0. The Hall–Kier alpha value is -1.64. The molecule has 2 amide bonds. The van der Waals surface area contributed by atoms with Crippen molar-refractivity contribution in [1.82, 2.24) is 13.9 Å². The molecule has 4 aliphatic rings. The van der Waals surface area contributed by atoms with Gasteiger partial charge in [-0.2, -0.15) is 12.7 Å². The van der Waals surface area contributed by atoms with E-state index in [1.807, 2.05) is 0 Å². The molecular formula is C21H30N4O3S. The van der Waals surface area contributed by atoms with Gasteiger partial charge in [0.25, 0.3) is 0 Å². The number of piperazine rings is 1. The van der Waals surface area contributed by atoms with E-state index in [9.17, 15) is 13.2 Å². The minimum absolute atomic E-state index is 0.276. The molecule has 0 radical (unpaired) electrons. The minimum Gasteiger partial charge on any atom is -0.307 e. The normalized spacial score (nSPS) is 24.6. The van der Waals surface area contributed by atoms with Gasteiger partial charge in [0.05, 0.1) is 0 Å².